The van der Waals surface area contributed by atoms with Crippen LogP contribution in [0.25, 0.3) is 0 Å². The maximum Gasteiger partial charge on any atom is 0.220 e. The van der Waals surface area contributed by atoms with Gasteiger partial charge in [0, 0.05) is 19.0 Å². The number of amides is 1. The van der Waals surface area contributed by atoms with Gasteiger partial charge in [-0.05, 0) is 56.8 Å². The zero-order valence-corrected chi connectivity index (χ0v) is 10.2. The van der Waals surface area contributed by atoms with Crippen LogP contribution < -0.4 is 11.1 Å². The molecule has 0 aromatic carbocycles. The van der Waals surface area contributed by atoms with Crippen LogP contribution in [0.2, 0.25) is 0 Å². The Morgan fingerprint density at radius 3 is 2.31 bits per heavy atom. The molecule has 0 heterocycles. The van der Waals surface area contributed by atoms with Gasteiger partial charge in [-0.3, -0.25) is 4.79 Å². The van der Waals surface area contributed by atoms with Crippen LogP contribution in [0.4, 0.5) is 0 Å². The quantitative estimate of drug-likeness (QED) is 0.691. The van der Waals surface area contributed by atoms with E-state index in [9.17, 15) is 4.79 Å². The number of carbonyl (C=O) groups excluding carboxylic acids is 1. The largest absolute Gasteiger partial charge is 0.356 e. The highest BCUT2D eigenvalue weighted by Gasteiger charge is 2.41. The van der Waals surface area contributed by atoms with Gasteiger partial charge in [0.05, 0.1) is 0 Å². The van der Waals surface area contributed by atoms with E-state index in [0.29, 0.717) is 6.42 Å². The molecule has 0 bridgehead atoms. The lowest BCUT2D eigenvalue weighted by Crippen LogP contribution is -2.32. The Balaban J connectivity index is 1.63. The van der Waals surface area contributed by atoms with Crippen molar-refractivity contribution in [2.24, 2.45) is 23.5 Å². The maximum atomic E-state index is 11.6. The Kier molecular flexibility index (Phi) is 3.85. The number of nitrogens with two attached hydrogens (primary N) is 1. The van der Waals surface area contributed by atoms with E-state index in [-0.39, 0.29) is 11.9 Å². The molecule has 16 heavy (non-hydrogen) atoms. The molecule has 0 saturated heterocycles. The molecule has 3 heteroatoms. The second-order valence-electron chi connectivity index (χ2n) is 5.66. The van der Waals surface area contributed by atoms with E-state index in [1.165, 1.54) is 25.7 Å². The van der Waals surface area contributed by atoms with Crippen LogP contribution in [-0.4, -0.2) is 18.5 Å². The van der Waals surface area contributed by atoms with Crippen LogP contribution in [0.3, 0.4) is 0 Å². The molecular formula is C13H24N2O. The van der Waals surface area contributed by atoms with Crippen molar-refractivity contribution in [1.82, 2.24) is 5.32 Å². The minimum Gasteiger partial charge on any atom is -0.356 e. The van der Waals surface area contributed by atoms with Crippen molar-refractivity contribution >= 4 is 5.91 Å². The summed E-state index contributed by atoms with van der Waals surface area (Å²) in [6.45, 7) is 2.86. The third-order valence-electron chi connectivity index (χ3n) is 3.82. The highest BCUT2D eigenvalue weighted by molar-refractivity contribution is 5.75. The number of rotatable bonds is 7. The van der Waals surface area contributed by atoms with Crippen molar-refractivity contribution in [1.29, 1.82) is 0 Å². The predicted molar refractivity (Wildman–Crippen MR) is 64.8 cm³/mol. The minimum absolute atomic E-state index is 0.133. The highest BCUT2D eigenvalue weighted by atomic mass is 16.1. The lowest BCUT2D eigenvalue weighted by Gasteiger charge is -2.16. The van der Waals surface area contributed by atoms with Gasteiger partial charge in [0.25, 0.3) is 0 Å². The van der Waals surface area contributed by atoms with Crippen LogP contribution in [0.15, 0.2) is 0 Å². The fourth-order valence-electron chi connectivity index (χ4n) is 2.45. The number of nitrogens with one attached hydrogen (secondary N) is 1. The van der Waals surface area contributed by atoms with Crippen molar-refractivity contribution in [2.75, 3.05) is 6.54 Å². The molecule has 3 N–H and O–H groups in total. The van der Waals surface area contributed by atoms with Gasteiger partial charge in [0.1, 0.15) is 0 Å². The van der Waals surface area contributed by atoms with Gasteiger partial charge in [-0.25, -0.2) is 0 Å². The van der Waals surface area contributed by atoms with Gasteiger partial charge in [-0.15, -0.1) is 0 Å². The first-order chi connectivity index (χ1) is 7.66. The maximum absolute atomic E-state index is 11.6. The molecule has 0 spiro atoms. The fraction of sp³-hybridized carbons (Fsp3) is 0.923. The van der Waals surface area contributed by atoms with E-state index in [4.69, 9.17) is 5.73 Å². The topological polar surface area (TPSA) is 55.1 Å². The molecule has 0 aliphatic heterocycles. The van der Waals surface area contributed by atoms with E-state index in [0.717, 1.165) is 30.7 Å². The van der Waals surface area contributed by atoms with E-state index in [1.54, 1.807) is 0 Å². The molecular weight excluding hydrogens is 200 g/mol. The second-order valence-corrected chi connectivity index (χ2v) is 5.66. The van der Waals surface area contributed by atoms with Crippen molar-refractivity contribution in [3.8, 4) is 0 Å². The van der Waals surface area contributed by atoms with Crippen LogP contribution in [0, 0.1) is 17.8 Å². The summed E-state index contributed by atoms with van der Waals surface area (Å²) in [6.07, 6.45) is 6.92. The Morgan fingerprint density at radius 2 is 1.88 bits per heavy atom. The molecule has 0 aromatic rings. The molecule has 1 atom stereocenters. The van der Waals surface area contributed by atoms with E-state index in [1.807, 2.05) is 6.92 Å². The summed E-state index contributed by atoms with van der Waals surface area (Å²) in [5.74, 6) is 2.80. The summed E-state index contributed by atoms with van der Waals surface area (Å²) in [5, 5.41) is 3.09. The van der Waals surface area contributed by atoms with Gasteiger partial charge < -0.3 is 11.1 Å². The number of carbonyl (C=O) groups is 1. The smallest absolute Gasteiger partial charge is 0.220 e. The first-order valence-electron chi connectivity index (χ1n) is 6.69. The molecule has 2 aliphatic carbocycles. The lowest BCUT2D eigenvalue weighted by atomic mass is 9.98. The van der Waals surface area contributed by atoms with E-state index < -0.39 is 0 Å². The van der Waals surface area contributed by atoms with Gasteiger partial charge in [-0.1, -0.05) is 0 Å². The van der Waals surface area contributed by atoms with Gasteiger partial charge in [0.2, 0.25) is 5.91 Å². The summed E-state index contributed by atoms with van der Waals surface area (Å²) in [6, 6.07) is 0.133. The van der Waals surface area contributed by atoms with Crippen LogP contribution in [-0.2, 0) is 4.79 Å². The average Bonchev–Trinajstić information content (AvgIpc) is 3.07. The van der Waals surface area contributed by atoms with Crippen molar-refractivity contribution in [3.05, 3.63) is 0 Å². The van der Waals surface area contributed by atoms with Crippen molar-refractivity contribution < 1.29 is 4.79 Å². The van der Waals surface area contributed by atoms with Crippen LogP contribution in [0.5, 0.6) is 0 Å². The molecule has 2 rings (SSSR count). The standard InChI is InChI=1S/C13H24N2O/c1-9(14)2-7-13(16)15-8-12(10-3-4-10)11-5-6-11/h9-12H,2-8,14H2,1H3,(H,15,16). The van der Waals surface area contributed by atoms with Gasteiger partial charge in [-0.2, -0.15) is 0 Å². The second kappa shape index (κ2) is 5.17. The molecule has 0 aromatic heterocycles. The van der Waals surface area contributed by atoms with E-state index in [2.05, 4.69) is 5.32 Å². The summed E-state index contributed by atoms with van der Waals surface area (Å²) >= 11 is 0. The SMILES string of the molecule is CC(N)CCC(=O)NCC(C1CC1)C1CC1. The molecule has 1 unspecified atom stereocenters. The predicted octanol–water partition coefficient (Wildman–Crippen LogP) is 1.67. The summed E-state index contributed by atoms with van der Waals surface area (Å²) in [4.78, 5) is 11.6. The monoisotopic (exact) mass is 224 g/mol. The summed E-state index contributed by atoms with van der Waals surface area (Å²) < 4.78 is 0. The average molecular weight is 224 g/mol. The van der Waals surface area contributed by atoms with Crippen molar-refractivity contribution in [3.63, 3.8) is 0 Å². The number of hydrogen-bond donors (Lipinski definition) is 2. The molecule has 92 valence electrons. The Bertz CT molecular complexity index is 232. The van der Waals surface area contributed by atoms with Crippen molar-refractivity contribution in [2.45, 2.75) is 51.5 Å². The first kappa shape index (κ1) is 11.9. The van der Waals surface area contributed by atoms with Gasteiger partial charge >= 0.3 is 0 Å². The highest BCUT2D eigenvalue weighted by Crippen LogP contribution is 2.48. The summed E-state index contributed by atoms with van der Waals surface area (Å²) in [7, 11) is 0. The Labute approximate surface area is 98.2 Å². The van der Waals surface area contributed by atoms with Crippen LogP contribution >= 0.6 is 0 Å². The zero-order valence-electron chi connectivity index (χ0n) is 10.2. The third kappa shape index (κ3) is 3.78. The fourth-order valence-corrected chi connectivity index (χ4v) is 2.45. The molecule has 2 fully saturated rings. The molecule has 1 amide bonds. The molecule has 2 saturated carbocycles. The third-order valence-corrected chi connectivity index (χ3v) is 3.82. The minimum atomic E-state index is 0.133. The molecule has 0 radical (unpaired) electrons. The van der Waals surface area contributed by atoms with Gasteiger partial charge in [0.15, 0.2) is 0 Å². The Morgan fingerprint density at radius 1 is 1.31 bits per heavy atom. The zero-order chi connectivity index (χ0) is 11.5. The Hall–Kier alpha value is -0.570. The molecule has 3 nitrogen and oxygen atoms in total. The van der Waals surface area contributed by atoms with Crippen LogP contribution in [0.1, 0.15) is 45.4 Å². The lowest BCUT2D eigenvalue weighted by molar-refractivity contribution is -0.121. The molecule has 2 aliphatic rings. The first-order valence-corrected chi connectivity index (χ1v) is 6.69. The normalized spacial score (nSPS) is 22.2. The van der Waals surface area contributed by atoms with E-state index >= 15 is 0 Å². The number of hydrogen-bond acceptors (Lipinski definition) is 2. The summed E-state index contributed by atoms with van der Waals surface area (Å²) in [5.41, 5.74) is 5.63.